The van der Waals surface area contributed by atoms with Gasteiger partial charge in [0, 0.05) is 11.8 Å². The minimum atomic E-state index is -0.329. The lowest BCUT2D eigenvalue weighted by atomic mass is 10.2. The summed E-state index contributed by atoms with van der Waals surface area (Å²) in [4.78, 5) is 24.0. The fourth-order valence-corrected chi connectivity index (χ4v) is 4.26. The molecular weight excluding hydrogens is 425 g/mol. The van der Waals surface area contributed by atoms with Gasteiger partial charge in [-0.1, -0.05) is 37.2 Å². The Labute approximate surface area is 190 Å². The van der Waals surface area contributed by atoms with E-state index in [0.717, 1.165) is 30.7 Å². The summed E-state index contributed by atoms with van der Waals surface area (Å²) < 4.78 is 20.1. The van der Waals surface area contributed by atoms with Gasteiger partial charge in [-0.05, 0) is 61.0 Å². The van der Waals surface area contributed by atoms with E-state index in [9.17, 15) is 9.18 Å². The van der Waals surface area contributed by atoms with Crippen LogP contribution in [0.2, 0.25) is 0 Å². The predicted molar refractivity (Wildman–Crippen MR) is 126 cm³/mol. The Balaban J connectivity index is 1.59. The highest BCUT2D eigenvalue weighted by Crippen LogP contribution is 2.31. The third-order valence-corrected chi connectivity index (χ3v) is 6.02. The van der Waals surface area contributed by atoms with Gasteiger partial charge in [-0.25, -0.2) is 9.37 Å². The number of nitrogens with zero attached hydrogens (tertiary/aromatic N) is 3. The lowest BCUT2D eigenvalue weighted by Gasteiger charge is -2.20. The quantitative estimate of drug-likeness (QED) is 0.284. The molecule has 0 saturated carbocycles. The van der Waals surface area contributed by atoms with Crippen LogP contribution in [0.15, 0.2) is 66.9 Å². The summed E-state index contributed by atoms with van der Waals surface area (Å²) in [6.07, 6.45) is 4.97. The molecule has 5 nitrogen and oxygen atoms in total. The van der Waals surface area contributed by atoms with Crippen LogP contribution in [-0.2, 0) is 6.54 Å². The monoisotopic (exact) mass is 449 g/mol. The second-order valence-electron chi connectivity index (χ2n) is 7.40. The van der Waals surface area contributed by atoms with Crippen molar-refractivity contribution in [2.75, 3.05) is 11.5 Å². The average molecular weight is 450 g/mol. The maximum absolute atomic E-state index is 13.7. The first kappa shape index (κ1) is 21.9. The van der Waals surface area contributed by atoms with Crippen molar-refractivity contribution in [3.8, 4) is 5.75 Å². The summed E-state index contributed by atoms with van der Waals surface area (Å²) in [6, 6.07) is 17.1. The number of ether oxygens (including phenoxy) is 1. The van der Waals surface area contributed by atoms with Crippen molar-refractivity contribution in [2.45, 2.75) is 32.7 Å². The highest BCUT2D eigenvalue weighted by Gasteiger charge is 2.22. The van der Waals surface area contributed by atoms with Gasteiger partial charge in [0.2, 0.25) is 0 Å². The second-order valence-corrected chi connectivity index (χ2v) is 8.41. The van der Waals surface area contributed by atoms with Gasteiger partial charge in [-0.15, -0.1) is 0 Å². The smallest absolute Gasteiger partial charge is 0.260 e. The first-order chi connectivity index (χ1) is 15.6. The number of hydrogen-bond acceptors (Lipinski definition) is 5. The maximum atomic E-state index is 13.7. The number of rotatable bonds is 9. The Morgan fingerprint density at radius 2 is 1.94 bits per heavy atom. The molecule has 4 aromatic rings. The van der Waals surface area contributed by atoms with Crippen LogP contribution in [0.5, 0.6) is 5.75 Å². The molecule has 0 aliphatic heterocycles. The summed E-state index contributed by atoms with van der Waals surface area (Å²) in [5, 5.41) is 0.501. The number of aromatic nitrogens is 2. The Morgan fingerprint density at radius 1 is 1.09 bits per heavy atom. The minimum absolute atomic E-state index is 0.201. The number of carbonyl (C=O) groups is 1. The normalized spacial score (nSPS) is 10.9. The number of benzene rings is 2. The van der Waals surface area contributed by atoms with E-state index in [2.05, 4.69) is 16.9 Å². The first-order valence-corrected chi connectivity index (χ1v) is 11.5. The Hall–Kier alpha value is -3.32. The molecule has 2 aromatic heterocycles. The second kappa shape index (κ2) is 10.3. The summed E-state index contributed by atoms with van der Waals surface area (Å²) in [7, 11) is 0. The Bertz CT molecular complexity index is 1180. The Morgan fingerprint density at radius 3 is 2.69 bits per heavy atom. The number of anilines is 1. The molecule has 164 valence electrons. The highest BCUT2D eigenvalue weighted by atomic mass is 32.1. The van der Waals surface area contributed by atoms with E-state index in [1.54, 1.807) is 29.3 Å². The molecule has 0 saturated heterocycles. The fourth-order valence-electron chi connectivity index (χ4n) is 3.27. The molecule has 32 heavy (non-hydrogen) atoms. The third kappa shape index (κ3) is 5.29. The van der Waals surface area contributed by atoms with Crippen LogP contribution < -0.4 is 9.64 Å². The topological polar surface area (TPSA) is 55.3 Å². The molecule has 0 unspecified atom stereocenters. The van der Waals surface area contributed by atoms with Gasteiger partial charge < -0.3 is 4.74 Å². The molecule has 0 spiro atoms. The van der Waals surface area contributed by atoms with Crippen molar-refractivity contribution < 1.29 is 13.9 Å². The molecule has 0 aliphatic carbocycles. The summed E-state index contributed by atoms with van der Waals surface area (Å²) in [5.41, 5.74) is 1.91. The number of halogens is 1. The van der Waals surface area contributed by atoms with Gasteiger partial charge in [0.05, 0.1) is 29.1 Å². The summed E-state index contributed by atoms with van der Waals surface area (Å²) >= 11 is 1.28. The number of hydrogen-bond donors (Lipinski definition) is 0. The lowest BCUT2D eigenvalue weighted by Crippen LogP contribution is -2.30. The van der Waals surface area contributed by atoms with Gasteiger partial charge in [0.1, 0.15) is 11.6 Å². The largest absolute Gasteiger partial charge is 0.494 e. The van der Waals surface area contributed by atoms with Crippen molar-refractivity contribution in [3.05, 3.63) is 83.9 Å². The molecule has 0 N–H and O–H groups in total. The molecule has 0 radical (unpaired) electrons. The van der Waals surface area contributed by atoms with Crippen LogP contribution in [-0.4, -0.2) is 22.5 Å². The van der Waals surface area contributed by atoms with Crippen LogP contribution in [0.3, 0.4) is 0 Å². The molecule has 7 heteroatoms. The van der Waals surface area contributed by atoms with E-state index in [1.807, 2.05) is 30.3 Å². The SMILES string of the molecule is CCCCCOc1ccc(C(=O)N(Cc2ccccn2)c2nc3ccc(F)cc3s2)cc1. The molecule has 0 bridgehead atoms. The van der Waals surface area contributed by atoms with Crippen LogP contribution in [0.25, 0.3) is 10.2 Å². The zero-order chi connectivity index (χ0) is 22.3. The average Bonchev–Trinajstić information content (AvgIpc) is 3.24. The van der Waals surface area contributed by atoms with Crippen LogP contribution in [0.4, 0.5) is 9.52 Å². The number of pyridine rings is 1. The van der Waals surface area contributed by atoms with Gasteiger partial charge in [-0.2, -0.15) is 0 Å². The van der Waals surface area contributed by atoms with Crippen LogP contribution in [0.1, 0.15) is 42.2 Å². The molecule has 1 amide bonds. The molecule has 2 heterocycles. The predicted octanol–water partition coefficient (Wildman–Crippen LogP) is 6.25. The van der Waals surface area contributed by atoms with E-state index in [-0.39, 0.29) is 18.3 Å². The third-order valence-electron chi connectivity index (χ3n) is 4.98. The van der Waals surface area contributed by atoms with Crippen molar-refractivity contribution in [3.63, 3.8) is 0 Å². The lowest BCUT2D eigenvalue weighted by molar-refractivity contribution is 0.0984. The van der Waals surface area contributed by atoms with E-state index in [1.165, 1.54) is 23.5 Å². The molecule has 0 atom stereocenters. The fraction of sp³-hybridized carbons (Fsp3) is 0.240. The zero-order valence-corrected chi connectivity index (χ0v) is 18.6. The maximum Gasteiger partial charge on any atom is 0.260 e. The first-order valence-electron chi connectivity index (χ1n) is 10.6. The van der Waals surface area contributed by atoms with Crippen LogP contribution in [0, 0.1) is 5.82 Å². The Kier molecular flexibility index (Phi) is 7.07. The van der Waals surface area contributed by atoms with Gasteiger partial charge >= 0.3 is 0 Å². The van der Waals surface area contributed by atoms with E-state index in [0.29, 0.717) is 27.5 Å². The minimum Gasteiger partial charge on any atom is -0.494 e. The number of fused-ring (bicyclic) bond motifs is 1. The van der Waals surface area contributed by atoms with Gasteiger partial charge in [0.25, 0.3) is 5.91 Å². The highest BCUT2D eigenvalue weighted by molar-refractivity contribution is 7.22. The van der Waals surface area contributed by atoms with Gasteiger partial charge in [-0.3, -0.25) is 14.7 Å². The summed E-state index contributed by atoms with van der Waals surface area (Å²) in [5.74, 6) is 0.210. The summed E-state index contributed by atoms with van der Waals surface area (Å²) in [6.45, 7) is 3.07. The molecule has 0 fully saturated rings. The van der Waals surface area contributed by atoms with Crippen molar-refractivity contribution >= 4 is 32.6 Å². The number of carbonyl (C=O) groups excluding carboxylic acids is 1. The molecular formula is C25H24FN3O2S. The van der Waals surface area contributed by atoms with Crippen LogP contribution >= 0.6 is 11.3 Å². The standard InChI is InChI=1S/C25H24FN3O2S/c1-2-3-6-15-31-21-11-8-18(9-12-21)24(30)29(17-20-7-4-5-14-27-20)25-28-22-13-10-19(26)16-23(22)32-25/h4-5,7-14,16H,2-3,6,15,17H2,1H3. The van der Waals surface area contributed by atoms with Crippen molar-refractivity contribution in [1.82, 2.24) is 9.97 Å². The number of amides is 1. The molecule has 0 aliphatic rings. The van der Waals surface area contributed by atoms with E-state index >= 15 is 0 Å². The van der Waals surface area contributed by atoms with E-state index in [4.69, 9.17) is 4.74 Å². The molecule has 2 aromatic carbocycles. The number of thiazole rings is 1. The number of unbranched alkanes of at least 4 members (excludes halogenated alkanes) is 2. The van der Waals surface area contributed by atoms with Gasteiger partial charge in [0.15, 0.2) is 5.13 Å². The van der Waals surface area contributed by atoms with Crippen molar-refractivity contribution in [2.24, 2.45) is 0 Å². The zero-order valence-electron chi connectivity index (χ0n) is 17.8. The van der Waals surface area contributed by atoms with Crippen molar-refractivity contribution in [1.29, 1.82) is 0 Å². The molecule has 4 rings (SSSR count). The van der Waals surface area contributed by atoms with E-state index < -0.39 is 0 Å².